The summed E-state index contributed by atoms with van der Waals surface area (Å²) in [5.74, 6) is 0. The van der Waals surface area contributed by atoms with Gasteiger partial charge in [0.1, 0.15) is 0 Å². The molecule has 0 bridgehead atoms. The van der Waals surface area contributed by atoms with Gasteiger partial charge in [-0.1, -0.05) is 230 Å². The van der Waals surface area contributed by atoms with Crippen molar-refractivity contribution in [3.63, 3.8) is 0 Å². The summed E-state index contributed by atoms with van der Waals surface area (Å²) in [6.45, 7) is 2.08. The summed E-state index contributed by atoms with van der Waals surface area (Å²) >= 11 is 0. The third-order valence-corrected chi connectivity index (χ3v) is 12.0. The van der Waals surface area contributed by atoms with Crippen LogP contribution in [0.15, 0.2) is 243 Å². The Bertz CT molecular complexity index is 3410. The van der Waals surface area contributed by atoms with Crippen LogP contribution in [0.25, 0.3) is 87.9 Å². The molecule has 2 heteroatoms. The first-order valence-electron chi connectivity index (χ1n) is 21.6. The fraction of sp³-hybridized carbons (Fsp3) is 0.0164. The largest absolute Gasteiger partial charge is 0.397 e. The molecule has 0 aliphatic rings. The van der Waals surface area contributed by atoms with Crippen LogP contribution in [0, 0.1) is 6.92 Å². The van der Waals surface area contributed by atoms with Crippen molar-refractivity contribution in [2.45, 2.75) is 6.92 Å². The fourth-order valence-corrected chi connectivity index (χ4v) is 8.94. The van der Waals surface area contributed by atoms with Crippen LogP contribution in [-0.4, -0.2) is 0 Å². The van der Waals surface area contributed by atoms with Gasteiger partial charge in [0.15, 0.2) is 0 Å². The van der Waals surface area contributed by atoms with Crippen LogP contribution < -0.4 is 11.1 Å². The number of rotatable bonds is 7. The van der Waals surface area contributed by atoms with E-state index in [-0.39, 0.29) is 0 Å². The first-order chi connectivity index (χ1) is 31.1. The molecular formula is C61H46N2. The molecule has 0 amide bonds. The van der Waals surface area contributed by atoms with E-state index in [2.05, 4.69) is 200 Å². The van der Waals surface area contributed by atoms with Crippen molar-refractivity contribution in [1.29, 1.82) is 0 Å². The van der Waals surface area contributed by atoms with Gasteiger partial charge in [-0.3, -0.25) is 0 Å². The standard InChI is InChI=1S/C54H38N2.C7H8/c55-53(38-18-3-1-4-19-38)54(39-20-5-2-6-21-39)56-42-25-13-24-40(34-42)41-32-33-49-50(35-41)52(46-31-15-23-37-17-8-10-27-44(37)46)48-29-12-11-28-47(48)51(49)45-30-14-22-36-16-7-9-26-43(36)45;1-7-5-3-2-4-6-7/h1-35,56H,55H2;2-6H,1H3/b54-53-;. The van der Waals surface area contributed by atoms with Crippen LogP contribution in [0.5, 0.6) is 0 Å². The molecule has 0 spiro atoms. The fourth-order valence-electron chi connectivity index (χ4n) is 8.94. The van der Waals surface area contributed by atoms with E-state index in [4.69, 9.17) is 5.73 Å². The Morgan fingerprint density at radius 3 is 1.37 bits per heavy atom. The van der Waals surface area contributed by atoms with E-state index in [1.807, 2.05) is 54.6 Å². The molecule has 3 N–H and O–H groups in total. The molecule has 0 radical (unpaired) electrons. The molecular weight excluding hydrogens is 761 g/mol. The molecule has 11 aromatic carbocycles. The Balaban J connectivity index is 0.000000616. The first kappa shape index (κ1) is 39.0. The molecule has 300 valence electrons. The summed E-state index contributed by atoms with van der Waals surface area (Å²) in [6, 6.07) is 86.2. The zero-order valence-electron chi connectivity index (χ0n) is 35.2. The van der Waals surface area contributed by atoms with Gasteiger partial charge >= 0.3 is 0 Å². The molecule has 11 aromatic rings. The number of aryl methyl sites for hydroxylation is 1. The number of hydrogen-bond donors (Lipinski definition) is 2. The Labute approximate surface area is 369 Å². The third-order valence-electron chi connectivity index (χ3n) is 12.0. The maximum Gasteiger partial charge on any atom is 0.0697 e. The lowest BCUT2D eigenvalue weighted by molar-refractivity contribution is 1.46. The van der Waals surface area contributed by atoms with Crippen LogP contribution >= 0.6 is 0 Å². The van der Waals surface area contributed by atoms with Crippen molar-refractivity contribution in [3.05, 3.63) is 259 Å². The summed E-state index contributed by atoms with van der Waals surface area (Å²) in [6.07, 6.45) is 0. The van der Waals surface area contributed by atoms with Crippen LogP contribution in [-0.2, 0) is 0 Å². The van der Waals surface area contributed by atoms with Gasteiger partial charge in [-0.05, 0) is 107 Å². The molecule has 0 fully saturated rings. The summed E-state index contributed by atoms with van der Waals surface area (Å²) in [5.41, 5.74) is 20.0. The lowest BCUT2D eigenvalue weighted by Gasteiger charge is -2.20. The normalized spacial score (nSPS) is 11.6. The SMILES string of the molecule is Cc1ccccc1.N/C(=C(\Nc1cccc(-c2ccc3c(-c4cccc5ccccc45)c4ccccc4c(-c4cccc5ccccc45)c3c2)c1)c1ccccc1)c1ccccc1. The Hall–Kier alpha value is -8.20. The minimum atomic E-state index is 0.695. The van der Waals surface area contributed by atoms with E-state index in [1.165, 1.54) is 70.9 Å². The lowest BCUT2D eigenvalue weighted by Crippen LogP contribution is -2.08. The second-order valence-electron chi connectivity index (χ2n) is 16.0. The van der Waals surface area contributed by atoms with Gasteiger partial charge in [-0.2, -0.15) is 0 Å². The van der Waals surface area contributed by atoms with Gasteiger partial charge < -0.3 is 11.1 Å². The summed E-state index contributed by atoms with van der Waals surface area (Å²) < 4.78 is 0. The minimum absolute atomic E-state index is 0.695. The highest BCUT2D eigenvalue weighted by molar-refractivity contribution is 6.25. The van der Waals surface area contributed by atoms with E-state index >= 15 is 0 Å². The highest BCUT2D eigenvalue weighted by Gasteiger charge is 2.20. The van der Waals surface area contributed by atoms with Gasteiger partial charge in [0.05, 0.1) is 11.4 Å². The Kier molecular flexibility index (Phi) is 10.8. The zero-order valence-corrected chi connectivity index (χ0v) is 35.2. The van der Waals surface area contributed by atoms with E-state index in [1.54, 1.807) is 0 Å². The molecule has 0 saturated carbocycles. The van der Waals surface area contributed by atoms with E-state index < -0.39 is 0 Å². The van der Waals surface area contributed by atoms with Gasteiger partial charge in [0, 0.05) is 11.3 Å². The molecule has 0 saturated heterocycles. The average Bonchev–Trinajstić information content (AvgIpc) is 3.35. The average molecular weight is 807 g/mol. The van der Waals surface area contributed by atoms with E-state index in [9.17, 15) is 0 Å². The lowest BCUT2D eigenvalue weighted by atomic mass is 9.83. The maximum absolute atomic E-state index is 6.90. The van der Waals surface area contributed by atoms with Crippen LogP contribution in [0.4, 0.5) is 5.69 Å². The van der Waals surface area contributed by atoms with Gasteiger partial charge in [0.2, 0.25) is 0 Å². The van der Waals surface area contributed by atoms with Crippen molar-refractivity contribution >= 4 is 60.2 Å². The number of anilines is 1. The minimum Gasteiger partial charge on any atom is -0.397 e. The van der Waals surface area contributed by atoms with Gasteiger partial charge in [0.25, 0.3) is 0 Å². The highest BCUT2D eigenvalue weighted by atomic mass is 14.9. The van der Waals surface area contributed by atoms with Crippen LogP contribution in [0.2, 0.25) is 0 Å². The molecule has 63 heavy (non-hydrogen) atoms. The monoisotopic (exact) mass is 806 g/mol. The third kappa shape index (κ3) is 7.83. The summed E-state index contributed by atoms with van der Waals surface area (Å²) in [7, 11) is 0. The molecule has 0 atom stereocenters. The van der Waals surface area contributed by atoms with Crippen molar-refractivity contribution in [1.82, 2.24) is 0 Å². The van der Waals surface area contributed by atoms with Crippen molar-refractivity contribution in [2.75, 3.05) is 5.32 Å². The molecule has 0 aliphatic heterocycles. The summed E-state index contributed by atoms with van der Waals surface area (Å²) in [4.78, 5) is 0. The highest BCUT2D eigenvalue weighted by Crippen LogP contribution is 2.47. The second-order valence-corrected chi connectivity index (χ2v) is 16.0. The molecule has 0 aliphatic carbocycles. The number of hydrogen-bond acceptors (Lipinski definition) is 2. The summed E-state index contributed by atoms with van der Waals surface area (Å²) in [5, 5.41) is 13.6. The van der Waals surface area contributed by atoms with Crippen molar-refractivity contribution in [2.24, 2.45) is 5.73 Å². The topological polar surface area (TPSA) is 38.0 Å². The van der Waals surface area contributed by atoms with Crippen LogP contribution in [0.3, 0.4) is 0 Å². The zero-order chi connectivity index (χ0) is 42.5. The first-order valence-corrected chi connectivity index (χ1v) is 21.6. The number of benzene rings is 11. The molecule has 0 heterocycles. The maximum atomic E-state index is 6.90. The molecule has 0 aromatic heterocycles. The number of fused-ring (bicyclic) bond motifs is 4. The molecule has 2 nitrogen and oxygen atoms in total. The smallest absolute Gasteiger partial charge is 0.0697 e. The molecule has 11 rings (SSSR count). The van der Waals surface area contributed by atoms with Crippen LogP contribution in [0.1, 0.15) is 16.7 Å². The number of nitrogens with one attached hydrogen (secondary N) is 1. The van der Waals surface area contributed by atoms with Crippen molar-refractivity contribution in [3.8, 4) is 33.4 Å². The Morgan fingerprint density at radius 2 is 0.794 bits per heavy atom. The van der Waals surface area contributed by atoms with E-state index in [0.717, 1.165) is 33.6 Å². The second kappa shape index (κ2) is 17.4. The Morgan fingerprint density at radius 1 is 0.349 bits per heavy atom. The quantitative estimate of drug-likeness (QED) is 0.124. The molecule has 0 unspecified atom stereocenters. The predicted octanol–water partition coefficient (Wildman–Crippen LogP) is 16.2. The number of nitrogens with two attached hydrogens (primary N) is 1. The van der Waals surface area contributed by atoms with Gasteiger partial charge in [-0.25, -0.2) is 0 Å². The predicted molar refractivity (Wildman–Crippen MR) is 271 cm³/mol. The van der Waals surface area contributed by atoms with E-state index in [0.29, 0.717) is 5.70 Å². The van der Waals surface area contributed by atoms with Gasteiger partial charge in [-0.15, -0.1) is 0 Å². The van der Waals surface area contributed by atoms with Crippen molar-refractivity contribution < 1.29 is 0 Å².